The first-order valence-corrected chi connectivity index (χ1v) is 8.32. The molecule has 0 radical (unpaired) electrons. The minimum absolute atomic E-state index is 0.260. The highest BCUT2D eigenvalue weighted by molar-refractivity contribution is 5.86. The molecule has 4 N–H and O–H groups in total. The van der Waals surface area contributed by atoms with Crippen molar-refractivity contribution in [2.45, 2.75) is 19.0 Å². The number of para-hydroxylation sites is 2. The second kappa shape index (κ2) is 7.69. The molecule has 3 aromatic rings. The van der Waals surface area contributed by atoms with Gasteiger partial charge in [-0.25, -0.2) is 9.78 Å². The third kappa shape index (κ3) is 4.00. The Hall–Kier alpha value is -3.35. The number of nitrogens with two attached hydrogens (primary N) is 1. The monoisotopic (exact) mass is 351 g/mol. The summed E-state index contributed by atoms with van der Waals surface area (Å²) in [6, 6.07) is 15.7. The number of urea groups is 1. The number of aryl methyl sites for hydroxylation is 1. The number of benzene rings is 2. The van der Waals surface area contributed by atoms with Crippen LogP contribution in [0.2, 0.25) is 0 Å². The van der Waals surface area contributed by atoms with E-state index in [2.05, 4.69) is 15.6 Å². The minimum Gasteiger partial charge on any atom is -0.352 e. The molecule has 0 bridgehead atoms. The summed E-state index contributed by atoms with van der Waals surface area (Å²) in [4.78, 5) is 28.4. The molecule has 134 valence electrons. The van der Waals surface area contributed by atoms with E-state index >= 15 is 0 Å². The normalized spacial score (nSPS) is 11.9. The van der Waals surface area contributed by atoms with E-state index in [4.69, 9.17) is 5.73 Å². The maximum Gasteiger partial charge on any atom is 0.312 e. The Morgan fingerprint density at radius 3 is 2.50 bits per heavy atom. The van der Waals surface area contributed by atoms with Crippen molar-refractivity contribution in [2.75, 3.05) is 0 Å². The van der Waals surface area contributed by atoms with Crippen LogP contribution in [0, 0.1) is 0 Å². The second-order valence-corrected chi connectivity index (χ2v) is 6.04. The number of fused-ring (bicyclic) bond motifs is 1. The first-order chi connectivity index (χ1) is 12.5. The Balaban J connectivity index is 1.70. The molecule has 1 aromatic heterocycles. The molecular formula is C19H21N5O2. The Labute approximate surface area is 151 Å². The number of rotatable bonds is 6. The molecule has 1 unspecified atom stereocenters. The average molecular weight is 351 g/mol. The summed E-state index contributed by atoms with van der Waals surface area (Å²) >= 11 is 0. The van der Waals surface area contributed by atoms with Crippen molar-refractivity contribution in [3.05, 3.63) is 66.0 Å². The van der Waals surface area contributed by atoms with Crippen LogP contribution in [0.15, 0.2) is 54.6 Å². The fourth-order valence-electron chi connectivity index (χ4n) is 2.87. The summed E-state index contributed by atoms with van der Waals surface area (Å²) in [7, 11) is 1.90. The van der Waals surface area contributed by atoms with Crippen LogP contribution >= 0.6 is 0 Å². The van der Waals surface area contributed by atoms with Crippen molar-refractivity contribution >= 4 is 23.0 Å². The van der Waals surface area contributed by atoms with Crippen LogP contribution in [0.4, 0.5) is 4.79 Å². The van der Waals surface area contributed by atoms with Gasteiger partial charge in [-0.15, -0.1) is 0 Å². The number of nitrogens with zero attached hydrogens (tertiary/aromatic N) is 2. The van der Waals surface area contributed by atoms with E-state index in [0.29, 0.717) is 6.42 Å². The van der Waals surface area contributed by atoms with Gasteiger partial charge in [0.15, 0.2) is 0 Å². The molecule has 26 heavy (non-hydrogen) atoms. The lowest BCUT2D eigenvalue weighted by molar-refractivity contribution is -0.123. The highest BCUT2D eigenvalue weighted by Crippen LogP contribution is 2.14. The van der Waals surface area contributed by atoms with Gasteiger partial charge in [-0.05, 0) is 17.7 Å². The van der Waals surface area contributed by atoms with Gasteiger partial charge in [-0.2, -0.15) is 0 Å². The molecule has 3 amide bonds. The molecule has 0 aliphatic heterocycles. The number of primary amides is 1. The second-order valence-electron chi connectivity index (χ2n) is 6.04. The summed E-state index contributed by atoms with van der Waals surface area (Å²) < 4.78 is 1.93. The minimum atomic E-state index is -0.746. The summed E-state index contributed by atoms with van der Waals surface area (Å²) in [6.45, 7) is 0.260. The highest BCUT2D eigenvalue weighted by atomic mass is 16.2. The van der Waals surface area contributed by atoms with Crippen LogP contribution in [-0.4, -0.2) is 27.5 Å². The van der Waals surface area contributed by atoms with Crippen LogP contribution in [0.25, 0.3) is 11.0 Å². The zero-order valence-corrected chi connectivity index (χ0v) is 14.5. The SMILES string of the molecule is Cn1c(CNC(=O)C(Cc2ccccc2)NC(N)=O)nc2ccccc21. The number of carbonyl (C=O) groups is 2. The third-order valence-corrected chi connectivity index (χ3v) is 4.22. The first kappa shape index (κ1) is 17.5. The standard InChI is InChI=1S/C19H21N5O2/c1-24-16-10-6-5-9-14(16)22-17(24)12-21-18(25)15(23-19(20)26)11-13-7-3-2-4-8-13/h2-10,15H,11-12H2,1H3,(H,21,25)(H3,20,23,26). The van der Waals surface area contributed by atoms with Crippen LogP contribution < -0.4 is 16.4 Å². The van der Waals surface area contributed by atoms with Gasteiger partial charge in [0.05, 0.1) is 17.6 Å². The smallest absolute Gasteiger partial charge is 0.312 e. The van der Waals surface area contributed by atoms with Gasteiger partial charge < -0.3 is 20.9 Å². The molecular weight excluding hydrogens is 330 g/mol. The van der Waals surface area contributed by atoms with Gasteiger partial charge in [0, 0.05) is 13.5 Å². The van der Waals surface area contributed by atoms with Gasteiger partial charge in [-0.1, -0.05) is 42.5 Å². The summed E-state index contributed by atoms with van der Waals surface area (Å²) in [5, 5.41) is 5.34. The fourth-order valence-corrected chi connectivity index (χ4v) is 2.87. The molecule has 7 nitrogen and oxygen atoms in total. The molecule has 3 rings (SSSR count). The van der Waals surface area contributed by atoms with Crippen molar-refractivity contribution in [1.29, 1.82) is 0 Å². The number of carbonyl (C=O) groups excluding carboxylic acids is 2. The molecule has 7 heteroatoms. The van der Waals surface area contributed by atoms with Gasteiger partial charge in [0.2, 0.25) is 5.91 Å². The Morgan fingerprint density at radius 2 is 1.81 bits per heavy atom. The van der Waals surface area contributed by atoms with Gasteiger partial charge in [0.1, 0.15) is 11.9 Å². The summed E-state index contributed by atoms with van der Waals surface area (Å²) in [6.07, 6.45) is 0.359. The van der Waals surface area contributed by atoms with Crippen molar-refractivity contribution in [1.82, 2.24) is 20.2 Å². The van der Waals surface area contributed by atoms with E-state index in [0.717, 1.165) is 22.4 Å². The van der Waals surface area contributed by atoms with Crippen LogP contribution in [0.1, 0.15) is 11.4 Å². The number of aromatic nitrogens is 2. The first-order valence-electron chi connectivity index (χ1n) is 8.32. The zero-order valence-electron chi connectivity index (χ0n) is 14.5. The van der Waals surface area contributed by atoms with Crippen molar-refractivity contribution in [3.63, 3.8) is 0 Å². The predicted molar refractivity (Wildman–Crippen MR) is 99.2 cm³/mol. The van der Waals surface area contributed by atoms with Crippen LogP contribution in [-0.2, 0) is 24.8 Å². The van der Waals surface area contributed by atoms with Crippen molar-refractivity contribution < 1.29 is 9.59 Å². The molecule has 1 heterocycles. The number of nitrogens with one attached hydrogen (secondary N) is 2. The number of amides is 3. The van der Waals surface area contributed by atoms with Crippen molar-refractivity contribution in [3.8, 4) is 0 Å². The topological polar surface area (TPSA) is 102 Å². The van der Waals surface area contributed by atoms with E-state index < -0.39 is 12.1 Å². The maximum atomic E-state index is 12.6. The molecule has 2 aromatic carbocycles. The van der Waals surface area contributed by atoms with Crippen molar-refractivity contribution in [2.24, 2.45) is 12.8 Å². The predicted octanol–water partition coefficient (Wildman–Crippen LogP) is 1.47. The summed E-state index contributed by atoms with van der Waals surface area (Å²) in [5.41, 5.74) is 8.02. The molecule has 0 aliphatic carbocycles. The van der Waals surface area contributed by atoms with E-state index in [1.165, 1.54) is 0 Å². The zero-order chi connectivity index (χ0) is 18.5. The number of imidazole rings is 1. The van der Waals surface area contributed by atoms with E-state index in [-0.39, 0.29) is 12.5 Å². The lowest BCUT2D eigenvalue weighted by Gasteiger charge is -2.17. The maximum absolute atomic E-state index is 12.6. The Bertz CT molecular complexity index is 920. The van der Waals surface area contributed by atoms with Crippen LogP contribution in [0.5, 0.6) is 0 Å². The van der Waals surface area contributed by atoms with Gasteiger partial charge >= 0.3 is 6.03 Å². The third-order valence-electron chi connectivity index (χ3n) is 4.22. The molecule has 0 fully saturated rings. The Morgan fingerprint density at radius 1 is 1.12 bits per heavy atom. The fraction of sp³-hybridized carbons (Fsp3) is 0.211. The molecule has 0 spiro atoms. The molecule has 0 saturated heterocycles. The largest absolute Gasteiger partial charge is 0.352 e. The van der Waals surface area contributed by atoms with E-state index in [9.17, 15) is 9.59 Å². The van der Waals surface area contributed by atoms with E-state index in [1.807, 2.05) is 66.2 Å². The van der Waals surface area contributed by atoms with E-state index in [1.54, 1.807) is 0 Å². The quantitative estimate of drug-likeness (QED) is 0.627. The number of hydrogen-bond acceptors (Lipinski definition) is 3. The molecule has 0 saturated carbocycles. The lowest BCUT2D eigenvalue weighted by atomic mass is 10.1. The number of hydrogen-bond donors (Lipinski definition) is 3. The summed E-state index contributed by atoms with van der Waals surface area (Å²) in [5.74, 6) is 0.428. The van der Waals surface area contributed by atoms with Gasteiger partial charge in [0.25, 0.3) is 0 Å². The highest BCUT2D eigenvalue weighted by Gasteiger charge is 2.20. The molecule has 0 aliphatic rings. The average Bonchev–Trinajstić information content (AvgIpc) is 2.96. The van der Waals surface area contributed by atoms with Crippen LogP contribution in [0.3, 0.4) is 0 Å². The van der Waals surface area contributed by atoms with Gasteiger partial charge in [-0.3, -0.25) is 4.79 Å². The lowest BCUT2D eigenvalue weighted by Crippen LogP contribution is -2.49. The molecule has 1 atom stereocenters. The Kier molecular flexibility index (Phi) is 5.17.